The molecule has 46 heavy (non-hydrogen) atoms. The van der Waals surface area contributed by atoms with E-state index in [9.17, 15) is 9.18 Å². The summed E-state index contributed by atoms with van der Waals surface area (Å²) in [6.45, 7) is 1.65. The van der Waals surface area contributed by atoms with Crippen molar-refractivity contribution in [2.24, 2.45) is 0 Å². The lowest BCUT2D eigenvalue weighted by atomic mass is 9.65. The summed E-state index contributed by atoms with van der Waals surface area (Å²) < 4.78 is 20.5. The molecule has 1 N–H and O–H groups in total. The molecule has 3 nitrogen and oxygen atoms in total. The van der Waals surface area contributed by atoms with Gasteiger partial charge in [0.05, 0.1) is 5.41 Å². The van der Waals surface area contributed by atoms with Crippen LogP contribution in [0.25, 0.3) is 11.1 Å². The van der Waals surface area contributed by atoms with Crippen molar-refractivity contribution >= 4 is 11.5 Å². The van der Waals surface area contributed by atoms with Crippen LogP contribution >= 0.6 is 0 Å². The zero-order valence-electron chi connectivity index (χ0n) is 25.5. The van der Waals surface area contributed by atoms with E-state index in [4.69, 9.17) is 4.74 Å². The maximum absolute atomic E-state index is 14.8. The number of benzene rings is 6. The van der Waals surface area contributed by atoms with E-state index in [0.717, 1.165) is 16.8 Å². The van der Waals surface area contributed by atoms with Gasteiger partial charge in [-0.3, -0.25) is 4.79 Å². The summed E-state index contributed by atoms with van der Waals surface area (Å²) in [5.74, 6) is -0.346. The first kappa shape index (κ1) is 30.3. The van der Waals surface area contributed by atoms with Crippen molar-refractivity contribution in [3.63, 3.8) is 0 Å². The van der Waals surface area contributed by atoms with E-state index in [-0.39, 0.29) is 5.78 Å². The third-order valence-electron chi connectivity index (χ3n) is 8.17. The first-order valence-corrected chi connectivity index (χ1v) is 15.3. The van der Waals surface area contributed by atoms with Gasteiger partial charge in [0, 0.05) is 29.6 Å². The lowest BCUT2D eigenvalue weighted by Gasteiger charge is -2.37. The number of rotatable bonds is 11. The quantitative estimate of drug-likeness (QED) is 0.118. The Morgan fingerprint density at radius 1 is 0.652 bits per heavy atom. The molecule has 0 aromatic heterocycles. The van der Waals surface area contributed by atoms with Crippen molar-refractivity contribution in [3.8, 4) is 16.9 Å². The largest absolute Gasteiger partial charge is 0.482 e. The molecule has 0 radical (unpaired) electrons. The first-order chi connectivity index (χ1) is 22.6. The van der Waals surface area contributed by atoms with Crippen molar-refractivity contribution in [3.05, 3.63) is 204 Å². The smallest absolute Gasteiger partial charge is 0.197 e. The molecule has 0 heterocycles. The molecule has 0 fully saturated rings. The third-order valence-corrected chi connectivity index (χ3v) is 8.17. The van der Waals surface area contributed by atoms with Crippen LogP contribution in [-0.2, 0) is 10.2 Å². The Labute approximate surface area is 269 Å². The number of ether oxygens (including phenoxy) is 1. The van der Waals surface area contributed by atoms with Gasteiger partial charge in [-0.1, -0.05) is 133 Å². The van der Waals surface area contributed by atoms with Gasteiger partial charge in [0.1, 0.15) is 11.6 Å². The number of anilines is 1. The molecule has 0 amide bonds. The molecule has 0 saturated carbocycles. The molecular weight excluding hydrogens is 569 g/mol. The Hall–Kier alpha value is -5.74. The fourth-order valence-electron chi connectivity index (χ4n) is 5.92. The number of hydrogen-bond donors (Lipinski definition) is 1. The predicted octanol–water partition coefficient (Wildman–Crippen LogP) is 9.84. The Bertz CT molecular complexity index is 1810. The van der Waals surface area contributed by atoms with Gasteiger partial charge in [-0.15, -0.1) is 0 Å². The summed E-state index contributed by atoms with van der Waals surface area (Å²) in [5.41, 5.74) is 6.20. The zero-order chi connectivity index (χ0) is 31.8. The van der Waals surface area contributed by atoms with Gasteiger partial charge in [-0.05, 0) is 59.0 Å². The zero-order valence-corrected chi connectivity index (χ0v) is 25.5. The molecule has 0 aliphatic rings. The van der Waals surface area contributed by atoms with Crippen molar-refractivity contribution < 1.29 is 13.9 Å². The number of carbonyl (C=O) groups excluding carboxylic acids is 1. The molecule has 0 unspecified atom stereocenters. The van der Waals surface area contributed by atoms with Crippen molar-refractivity contribution in [1.82, 2.24) is 0 Å². The van der Waals surface area contributed by atoms with Crippen LogP contribution in [0.4, 0.5) is 10.1 Å². The average molecular weight is 604 g/mol. The van der Waals surface area contributed by atoms with Gasteiger partial charge in [0.2, 0.25) is 0 Å². The molecule has 0 bridgehead atoms. The van der Waals surface area contributed by atoms with Crippen molar-refractivity contribution in [1.29, 1.82) is 0 Å². The summed E-state index contributed by atoms with van der Waals surface area (Å²) in [6.07, 6.45) is 2.26. The Kier molecular flexibility index (Phi) is 9.17. The van der Waals surface area contributed by atoms with Gasteiger partial charge in [0.25, 0.3) is 0 Å². The van der Waals surface area contributed by atoms with E-state index in [1.807, 2.05) is 60.7 Å². The SMILES string of the molecule is C[C@@H](Oc1ccc(-c2ccccc2)c(F)c1)C(=O)/C=C/Nc1ccc(C(c2ccccc2)(c2ccccc2)c2ccccc2)cc1. The van der Waals surface area contributed by atoms with Crippen LogP contribution in [0.15, 0.2) is 176 Å². The summed E-state index contributed by atoms with van der Waals surface area (Å²) >= 11 is 0. The second-order valence-corrected chi connectivity index (χ2v) is 11.1. The lowest BCUT2D eigenvalue weighted by Crippen LogP contribution is -2.30. The Morgan fingerprint density at radius 3 is 1.63 bits per heavy atom. The van der Waals surface area contributed by atoms with Crippen LogP contribution in [0.3, 0.4) is 0 Å². The van der Waals surface area contributed by atoms with Crippen LogP contribution < -0.4 is 10.1 Å². The van der Waals surface area contributed by atoms with Crippen LogP contribution in [0.1, 0.15) is 29.2 Å². The monoisotopic (exact) mass is 603 g/mol. The second kappa shape index (κ2) is 13.9. The topological polar surface area (TPSA) is 38.3 Å². The van der Waals surface area contributed by atoms with E-state index in [1.165, 1.54) is 28.8 Å². The average Bonchev–Trinajstić information content (AvgIpc) is 3.11. The van der Waals surface area contributed by atoms with Crippen LogP contribution in [0.5, 0.6) is 5.75 Å². The number of halogens is 1. The maximum Gasteiger partial charge on any atom is 0.197 e. The standard InChI is InChI=1S/C42H34FNO2/c1-31(46-38-26-27-39(40(43)30-38)32-14-6-2-7-15-32)41(45)28-29-44-37-24-22-36(23-25-37)42(33-16-8-3-9-17-33,34-18-10-4-11-19-34)35-20-12-5-13-21-35/h2-31,44H,1H3/b29-28+/t31-/m1/s1. The van der Waals surface area contributed by atoms with E-state index in [1.54, 1.807) is 25.3 Å². The molecule has 1 atom stereocenters. The fourth-order valence-corrected chi connectivity index (χ4v) is 5.92. The van der Waals surface area contributed by atoms with E-state index in [0.29, 0.717) is 11.3 Å². The summed E-state index contributed by atoms with van der Waals surface area (Å²) in [5, 5.41) is 3.21. The third kappa shape index (κ3) is 6.38. The molecule has 6 aromatic carbocycles. The van der Waals surface area contributed by atoms with Crippen LogP contribution in [0.2, 0.25) is 0 Å². The minimum absolute atomic E-state index is 0.243. The van der Waals surface area contributed by atoms with Gasteiger partial charge < -0.3 is 10.1 Å². The normalized spacial score (nSPS) is 12.0. The summed E-state index contributed by atoms with van der Waals surface area (Å²) in [4.78, 5) is 12.8. The summed E-state index contributed by atoms with van der Waals surface area (Å²) in [7, 11) is 0. The van der Waals surface area contributed by atoms with Gasteiger partial charge in [0.15, 0.2) is 11.9 Å². The van der Waals surface area contributed by atoms with Crippen LogP contribution in [0, 0.1) is 5.82 Å². The van der Waals surface area contributed by atoms with Crippen LogP contribution in [-0.4, -0.2) is 11.9 Å². The predicted molar refractivity (Wildman–Crippen MR) is 184 cm³/mol. The number of ketones is 1. The second-order valence-electron chi connectivity index (χ2n) is 11.1. The number of nitrogens with one attached hydrogen (secondary N) is 1. The first-order valence-electron chi connectivity index (χ1n) is 15.3. The lowest BCUT2D eigenvalue weighted by molar-refractivity contribution is -0.120. The molecule has 0 spiro atoms. The molecular formula is C42H34FNO2. The van der Waals surface area contributed by atoms with Gasteiger partial charge in [-0.25, -0.2) is 4.39 Å². The molecule has 6 aromatic rings. The molecule has 0 saturated heterocycles. The van der Waals surface area contributed by atoms with Gasteiger partial charge in [-0.2, -0.15) is 0 Å². The highest BCUT2D eigenvalue weighted by atomic mass is 19.1. The Morgan fingerprint density at radius 2 is 1.13 bits per heavy atom. The molecule has 226 valence electrons. The maximum atomic E-state index is 14.8. The molecule has 0 aliphatic carbocycles. The van der Waals surface area contributed by atoms with E-state index in [2.05, 4.69) is 90.2 Å². The highest BCUT2D eigenvalue weighted by molar-refractivity contribution is 5.93. The number of carbonyl (C=O) groups is 1. The van der Waals surface area contributed by atoms with Crippen molar-refractivity contribution in [2.75, 3.05) is 5.32 Å². The van der Waals surface area contributed by atoms with Crippen molar-refractivity contribution in [2.45, 2.75) is 18.4 Å². The minimum atomic E-state index is -0.786. The molecule has 6 rings (SSSR count). The molecule has 0 aliphatic heterocycles. The highest BCUT2D eigenvalue weighted by Gasteiger charge is 2.38. The van der Waals surface area contributed by atoms with E-state index < -0.39 is 17.3 Å². The minimum Gasteiger partial charge on any atom is -0.482 e. The number of hydrogen-bond acceptors (Lipinski definition) is 3. The van der Waals surface area contributed by atoms with Gasteiger partial charge >= 0.3 is 0 Å². The highest BCUT2D eigenvalue weighted by Crippen LogP contribution is 2.45. The fraction of sp³-hybridized carbons (Fsp3) is 0.0714. The summed E-state index contributed by atoms with van der Waals surface area (Å²) in [6, 6.07) is 53.9. The molecule has 4 heteroatoms. The Balaban J connectivity index is 1.19. The van der Waals surface area contributed by atoms with E-state index >= 15 is 0 Å².